The fourth-order valence-corrected chi connectivity index (χ4v) is 3.30. The van der Waals surface area contributed by atoms with Gasteiger partial charge in [-0.3, -0.25) is 4.79 Å². The highest BCUT2D eigenvalue weighted by atomic mass is 127. The summed E-state index contributed by atoms with van der Waals surface area (Å²) in [5.74, 6) is 0.227. The summed E-state index contributed by atoms with van der Waals surface area (Å²) in [4.78, 5) is 14.0. The Balaban J connectivity index is 1.71. The smallest absolute Gasteiger partial charge is 0.231 e. The van der Waals surface area contributed by atoms with Crippen LogP contribution in [0.2, 0.25) is 0 Å². The first-order chi connectivity index (χ1) is 8.74. The van der Waals surface area contributed by atoms with Gasteiger partial charge in [-0.25, -0.2) is 0 Å². The number of fused-ring (bicyclic) bond motifs is 1. The van der Waals surface area contributed by atoms with Crippen molar-refractivity contribution in [3.8, 4) is 0 Å². The van der Waals surface area contributed by atoms with Crippen LogP contribution in [0.1, 0.15) is 24.8 Å². The highest BCUT2D eigenvalue weighted by molar-refractivity contribution is 14.1. The van der Waals surface area contributed by atoms with E-state index in [1.807, 2.05) is 4.90 Å². The molecular weight excluding hydrogens is 341 g/mol. The van der Waals surface area contributed by atoms with Crippen molar-refractivity contribution in [1.82, 2.24) is 0 Å². The van der Waals surface area contributed by atoms with Gasteiger partial charge in [-0.15, -0.1) is 0 Å². The minimum absolute atomic E-state index is 0.227. The van der Waals surface area contributed by atoms with Crippen LogP contribution in [0.25, 0.3) is 0 Å². The van der Waals surface area contributed by atoms with E-state index in [0.717, 1.165) is 38.1 Å². The Kier molecular flexibility index (Phi) is 3.56. The van der Waals surface area contributed by atoms with Crippen LogP contribution in [-0.4, -0.2) is 25.2 Å². The summed E-state index contributed by atoms with van der Waals surface area (Å²) in [6, 6.07) is 6.24. The number of ether oxygens (including phenoxy) is 1. The van der Waals surface area contributed by atoms with Gasteiger partial charge in [-0.2, -0.15) is 0 Å². The fraction of sp³-hybridized carbons (Fsp3) is 0.500. The van der Waals surface area contributed by atoms with Gasteiger partial charge in [0, 0.05) is 22.4 Å². The third kappa shape index (κ3) is 2.40. The summed E-state index contributed by atoms with van der Waals surface area (Å²) in [6.45, 7) is 1.67. The monoisotopic (exact) mass is 357 g/mol. The van der Waals surface area contributed by atoms with E-state index in [1.165, 1.54) is 9.13 Å². The predicted molar refractivity (Wildman–Crippen MR) is 78.8 cm³/mol. The summed E-state index contributed by atoms with van der Waals surface area (Å²) in [6.07, 6.45) is 4.16. The molecule has 3 nitrogen and oxygen atoms in total. The molecule has 1 saturated heterocycles. The van der Waals surface area contributed by atoms with Crippen LogP contribution in [-0.2, 0) is 16.0 Å². The van der Waals surface area contributed by atoms with Crippen molar-refractivity contribution >= 4 is 34.2 Å². The van der Waals surface area contributed by atoms with E-state index in [4.69, 9.17) is 4.74 Å². The van der Waals surface area contributed by atoms with Crippen LogP contribution < -0.4 is 4.90 Å². The molecule has 3 rings (SSSR count). The highest BCUT2D eigenvalue weighted by Crippen LogP contribution is 2.30. The highest BCUT2D eigenvalue weighted by Gasteiger charge is 2.28. The van der Waals surface area contributed by atoms with Crippen molar-refractivity contribution in [3.05, 3.63) is 27.3 Å². The summed E-state index contributed by atoms with van der Waals surface area (Å²) in [5, 5.41) is 0. The average Bonchev–Trinajstić information content (AvgIpc) is 2.93. The molecule has 1 aromatic carbocycles. The van der Waals surface area contributed by atoms with Crippen LogP contribution in [0.4, 0.5) is 5.69 Å². The Morgan fingerprint density at radius 2 is 2.33 bits per heavy atom. The third-order valence-corrected chi connectivity index (χ3v) is 4.34. The second-order valence-corrected chi connectivity index (χ2v) is 6.16. The predicted octanol–water partition coefficient (Wildman–Crippen LogP) is 2.75. The summed E-state index contributed by atoms with van der Waals surface area (Å²) < 4.78 is 6.81. The molecule has 1 fully saturated rings. The van der Waals surface area contributed by atoms with Gasteiger partial charge in [0.15, 0.2) is 0 Å². The number of nitrogens with zero attached hydrogens (tertiary/aromatic N) is 1. The lowest BCUT2D eigenvalue weighted by Crippen LogP contribution is -2.30. The maximum atomic E-state index is 12.0. The van der Waals surface area contributed by atoms with Gasteiger partial charge in [-0.05, 0) is 65.6 Å². The first kappa shape index (κ1) is 12.4. The van der Waals surface area contributed by atoms with Crippen LogP contribution in [0.3, 0.4) is 0 Å². The Bertz CT molecular complexity index is 469. The zero-order chi connectivity index (χ0) is 12.5. The van der Waals surface area contributed by atoms with Gasteiger partial charge >= 0.3 is 0 Å². The van der Waals surface area contributed by atoms with Crippen LogP contribution in [0, 0.1) is 3.57 Å². The molecule has 96 valence electrons. The third-order valence-electron chi connectivity index (χ3n) is 3.67. The van der Waals surface area contributed by atoms with Gasteiger partial charge in [0.25, 0.3) is 0 Å². The number of carbonyl (C=O) groups excluding carboxylic acids is 1. The molecule has 0 aromatic heterocycles. The first-order valence-corrected chi connectivity index (χ1v) is 7.52. The number of halogens is 1. The molecule has 2 heterocycles. The Labute approximate surface area is 121 Å². The zero-order valence-electron chi connectivity index (χ0n) is 10.2. The zero-order valence-corrected chi connectivity index (χ0v) is 12.4. The summed E-state index contributed by atoms with van der Waals surface area (Å²) in [7, 11) is 0. The molecule has 18 heavy (non-hydrogen) atoms. The van der Waals surface area contributed by atoms with Gasteiger partial charge in [0.2, 0.25) is 5.91 Å². The van der Waals surface area contributed by atoms with Gasteiger partial charge in [-0.1, -0.05) is 0 Å². The van der Waals surface area contributed by atoms with Crippen molar-refractivity contribution < 1.29 is 9.53 Å². The molecule has 1 atom stereocenters. The minimum atomic E-state index is 0.227. The first-order valence-electron chi connectivity index (χ1n) is 6.44. The second-order valence-electron chi connectivity index (χ2n) is 4.92. The summed E-state index contributed by atoms with van der Waals surface area (Å²) >= 11 is 2.29. The SMILES string of the molecule is O=C1Cc2cc(I)ccc2N1CCC1CCCO1. The Hall–Kier alpha value is -0.620. The number of benzene rings is 1. The minimum Gasteiger partial charge on any atom is -0.378 e. The van der Waals surface area contributed by atoms with E-state index in [2.05, 4.69) is 40.8 Å². The molecule has 0 saturated carbocycles. The second kappa shape index (κ2) is 5.17. The molecule has 0 radical (unpaired) electrons. The van der Waals surface area contributed by atoms with Gasteiger partial charge in [0.05, 0.1) is 12.5 Å². The molecular formula is C14H16INO2. The van der Waals surface area contributed by atoms with E-state index in [-0.39, 0.29) is 5.91 Å². The number of rotatable bonds is 3. The van der Waals surface area contributed by atoms with Gasteiger partial charge < -0.3 is 9.64 Å². The van der Waals surface area contributed by atoms with Crippen molar-refractivity contribution in [2.24, 2.45) is 0 Å². The van der Waals surface area contributed by atoms with E-state index < -0.39 is 0 Å². The molecule has 0 spiro atoms. The molecule has 0 N–H and O–H groups in total. The van der Waals surface area contributed by atoms with Crippen molar-refractivity contribution in [3.63, 3.8) is 0 Å². The molecule has 2 aliphatic heterocycles. The van der Waals surface area contributed by atoms with Crippen LogP contribution >= 0.6 is 22.6 Å². The number of hydrogen-bond donors (Lipinski definition) is 0. The lowest BCUT2D eigenvalue weighted by molar-refractivity contribution is -0.117. The fourth-order valence-electron chi connectivity index (χ4n) is 2.74. The average molecular weight is 357 g/mol. The number of amides is 1. The normalized spacial score (nSPS) is 22.6. The lowest BCUT2D eigenvalue weighted by atomic mass is 10.1. The largest absolute Gasteiger partial charge is 0.378 e. The number of hydrogen-bond acceptors (Lipinski definition) is 2. The molecule has 4 heteroatoms. The van der Waals surface area contributed by atoms with Crippen molar-refractivity contribution in [1.29, 1.82) is 0 Å². The molecule has 0 aliphatic carbocycles. The van der Waals surface area contributed by atoms with Crippen LogP contribution in [0.15, 0.2) is 18.2 Å². The topological polar surface area (TPSA) is 29.5 Å². The van der Waals surface area contributed by atoms with Gasteiger partial charge in [0.1, 0.15) is 0 Å². The molecule has 2 aliphatic rings. The lowest BCUT2D eigenvalue weighted by Gasteiger charge is -2.19. The van der Waals surface area contributed by atoms with E-state index in [9.17, 15) is 4.79 Å². The maximum absolute atomic E-state index is 12.0. The maximum Gasteiger partial charge on any atom is 0.231 e. The number of anilines is 1. The molecule has 1 unspecified atom stereocenters. The van der Waals surface area contributed by atoms with E-state index in [1.54, 1.807) is 0 Å². The number of carbonyl (C=O) groups is 1. The van der Waals surface area contributed by atoms with Crippen molar-refractivity contribution in [2.45, 2.75) is 31.8 Å². The Morgan fingerprint density at radius 1 is 1.44 bits per heavy atom. The van der Waals surface area contributed by atoms with Crippen LogP contribution in [0.5, 0.6) is 0 Å². The summed E-state index contributed by atoms with van der Waals surface area (Å²) in [5.41, 5.74) is 2.26. The standard InChI is InChI=1S/C14H16INO2/c15-11-3-4-13-10(8-11)9-14(17)16(13)6-5-12-2-1-7-18-12/h3-4,8,12H,1-2,5-7,9H2. The van der Waals surface area contributed by atoms with E-state index >= 15 is 0 Å². The Morgan fingerprint density at radius 3 is 3.11 bits per heavy atom. The van der Waals surface area contributed by atoms with Crippen molar-refractivity contribution in [2.75, 3.05) is 18.1 Å². The quantitative estimate of drug-likeness (QED) is 0.779. The molecule has 0 bridgehead atoms. The molecule has 1 aromatic rings. The molecule has 1 amide bonds. The van der Waals surface area contributed by atoms with E-state index in [0.29, 0.717) is 12.5 Å².